The Balaban J connectivity index is 2.46. The third-order valence-corrected chi connectivity index (χ3v) is 3.55. The van der Waals surface area contributed by atoms with Gasteiger partial charge in [0.15, 0.2) is 0 Å². The van der Waals surface area contributed by atoms with E-state index in [9.17, 15) is 0 Å². The number of aryl methyl sites for hydroxylation is 1. The molecule has 1 aromatic heterocycles. The van der Waals surface area contributed by atoms with Crippen LogP contribution < -0.4 is 5.73 Å². The lowest BCUT2D eigenvalue weighted by Crippen LogP contribution is -2.30. The Morgan fingerprint density at radius 2 is 1.83 bits per heavy atom. The lowest BCUT2D eigenvalue weighted by atomic mass is 10.0. The molecule has 0 amide bonds. The van der Waals surface area contributed by atoms with Gasteiger partial charge in [-0.15, -0.1) is 0 Å². The number of nitrogens with zero attached hydrogens (tertiary/aromatic N) is 2. The summed E-state index contributed by atoms with van der Waals surface area (Å²) in [6.45, 7) is 6.08. The van der Waals surface area contributed by atoms with Gasteiger partial charge in [0.25, 0.3) is 0 Å². The number of rotatable bonds is 3. The molecular weight excluding hydrogens is 246 g/mol. The zero-order valence-electron chi connectivity index (χ0n) is 10.9. The van der Waals surface area contributed by atoms with Gasteiger partial charge >= 0.3 is 0 Å². The Kier molecular flexibility index (Phi) is 3.73. The van der Waals surface area contributed by atoms with E-state index in [1.807, 2.05) is 44.4 Å². The van der Waals surface area contributed by atoms with Crippen molar-refractivity contribution in [2.45, 2.75) is 32.9 Å². The van der Waals surface area contributed by atoms with Crippen molar-refractivity contribution in [1.29, 1.82) is 0 Å². The summed E-state index contributed by atoms with van der Waals surface area (Å²) in [7, 11) is 0. The van der Waals surface area contributed by atoms with Gasteiger partial charge in [0, 0.05) is 16.8 Å². The van der Waals surface area contributed by atoms with Crippen molar-refractivity contribution in [2.75, 3.05) is 0 Å². The highest BCUT2D eigenvalue weighted by molar-refractivity contribution is 6.30. The average molecular weight is 264 g/mol. The molecule has 0 saturated carbocycles. The van der Waals surface area contributed by atoms with Gasteiger partial charge in [-0.25, -0.2) is 4.98 Å². The molecule has 0 aliphatic heterocycles. The van der Waals surface area contributed by atoms with E-state index in [4.69, 9.17) is 17.3 Å². The van der Waals surface area contributed by atoms with Crippen molar-refractivity contribution in [3.8, 4) is 0 Å². The van der Waals surface area contributed by atoms with Gasteiger partial charge in [-0.2, -0.15) is 0 Å². The van der Waals surface area contributed by atoms with E-state index in [0.717, 1.165) is 22.0 Å². The molecule has 0 fully saturated rings. The molecule has 2 atom stereocenters. The second-order valence-electron chi connectivity index (χ2n) is 4.68. The van der Waals surface area contributed by atoms with Gasteiger partial charge in [-0.3, -0.25) is 0 Å². The van der Waals surface area contributed by atoms with Crippen molar-refractivity contribution in [3.05, 3.63) is 52.6 Å². The fourth-order valence-corrected chi connectivity index (χ4v) is 2.30. The molecule has 2 N–H and O–H groups in total. The minimum Gasteiger partial charge on any atom is -0.326 e. The van der Waals surface area contributed by atoms with E-state index in [2.05, 4.69) is 16.5 Å². The number of imidazole rings is 1. The Morgan fingerprint density at radius 1 is 1.22 bits per heavy atom. The average Bonchev–Trinajstić information content (AvgIpc) is 2.64. The minimum atomic E-state index is -0.00141. The second kappa shape index (κ2) is 5.12. The molecule has 0 aliphatic carbocycles. The van der Waals surface area contributed by atoms with Crippen LogP contribution in [0.15, 0.2) is 30.6 Å². The summed E-state index contributed by atoms with van der Waals surface area (Å²) in [6.07, 6.45) is 1.85. The molecular formula is C14H18ClN3. The zero-order chi connectivity index (χ0) is 13.3. The Labute approximate surface area is 113 Å². The van der Waals surface area contributed by atoms with Gasteiger partial charge in [-0.1, -0.05) is 23.7 Å². The Hall–Kier alpha value is -1.32. The van der Waals surface area contributed by atoms with Crippen LogP contribution in [-0.2, 0) is 0 Å². The number of hydrogen-bond acceptors (Lipinski definition) is 2. The van der Waals surface area contributed by atoms with Crippen LogP contribution in [0.4, 0.5) is 0 Å². The summed E-state index contributed by atoms with van der Waals surface area (Å²) in [5, 5.41) is 0.737. The zero-order valence-corrected chi connectivity index (χ0v) is 11.6. The van der Waals surface area contributed by atoms with E-state index in [1.54, 1.807) is 0 Å². The molecule has 0 bridgehead atoms. The first kappa shape index (κ1) is 13.1. The highest BCUT2D eigenvalue weighted by atomic mass is 35.5. The van der Waals surface area contributed by atoms with Crippen LogP contribution in [0.3, 0.4) is 0 Å². The fraction of sp³-hybridized carbons (Fsp3) is 0.357. The lowest BCUT2D eigenvalue weighted by molar-refractivity contribution is 0.487. The molecule has 0 aliphatic rings. The number of benzene rings is 1. The van der Waals surface area contributed by atoms with Crippen LogP contribution in [0.2, 0.25) is 5.02 Å². The van der Waals surface area contributed by atoms with E-state index >= 15 is 0 Å². The van der Waals surface area contributed by atoms with Crippen LogP contribution in [0, 0.1) is 13.8 Å². The molecule has 0 radical (unpaired) electrons. The molecule has 3 nitrogen and oxygen atoms in total. The topological polar surface area (TPSA) is 43.8 Å². The SMILES string of the molecule is Cc1ncn(C(c2ccc(Cl)cc2)C(C)N)c1C. The molecule has 96 valence electrons. The molecule has 18 heavy (non-hydrogen) atoms. The normalized spacial score (nSPS) is 14.5. The first-order valence-electron chi connectivity index (χ1n) is 6.01. The highest BCUT2D eigenvalue weighted by Gasteiger charge is 2.20. The van der Waals surface area contributed by atoms with E-state index in [0.29, 0.717) is 0 Å². The fourth-order valence-electron chi connectivity index (χ4n) is 2.17. The molecule has 0 saturated heterocycles. The van der Waals surface area contributed by atoms with E-state index in [-0.39, 0.29) is 12.1 Å². The molecule has 4 heteroatoms. The Morgan fingerprint density at radius 3 is 2.28 bits per heavy atom. The van der Waals surface area contributed by atoms with Crippen LogP contribution in [0.25, 0.3) is 0 Å². The first-order valence-corrected chi connectivity index (χ1v) is 6.39. The lowest BCUT2D eigenvalue weighted by Gasteiger charge is -2.24. The Bertz CT molecular complexity index is 528. The monoisotopic (exact) mass is 263 g/mol. The molecule has 2 unspecified atom stereocenters. The molecule has 2 rings (SSSR count). The third kappa shape index (κ3) is 2.42. The van der Waals surface area contributed by atoms with Crippen LogP contribution in [0.1, 0.15) is 29.9 Å². The van der Waals surface area contributed by atoms with Crippen LogP contribution >= 0.6 is 11.6 Å². The highest BCUT2D eigenvalue weighted by Crippen LogP contribution is 2.25. The second-order valence-corrected chi connectivity index (χ2v) is 5.11. The summed E-state index contributed by atoms with van der Waals surface area (Å²) >= 11 is 5.93. The number of nitrogens with two attached hydrogens (primary N) is 1. The molecule has 2 aromatic rings. The van der Waals surface area contributed by atoms with Gasteiger partial charge < -0.3 is 10.3 Å². The quantitative estimate of drug-likeness (QED) is 0.925. The first-order chi connectivity index (χ1) is 8.50. The minimum absolute atomic E-state index is 0.00141. The maximum Gasteiger partial charge on any atom is 0.0957 e. The number of aromatic nitrogens is 2. The summed E-state index contributed by atoms with van der Waals surface area (Å²) in [6, 6.07) is 7.91. The van der Waals surface area contributed by atoms with Gasteiger partial charge in [0.2, 0.25) is 0 Å². The van der Waals surface area contributed by atoms with Gasteiger partial charge in [0.05, 0.1) is 18.1 Å². The number of halogens is 1. The van der Waals surface area contributed by atoms with E-state index in [1.165, 1.54) is 0 Å². The van der Waals surface area contributed by atoms with Crippen LogP contribution in [0.5, 0.6) is 0 Å². The summed E-state index contributed by atoms with van der Waals surface area (Å²) in [4.78, 5) is 4.34. The van der Waals surface area contributed by atoms with Crippen molar-refractivity contribution in [3.63, 3.8) is 0 Å². The summed E-state index contributed by atoms with van der Waals surface area (Å²) in [5.41, 5.74) is 9.47. The largest absolute Gasteiger partial charge is 0.326 e. The standard InChI is InChI=1S/C14H18ClN3/c1-9(16)14(12-4-6-13(15)7-5-12)18-8-17-10(2)11(18)3/h4-9,14H,16H2,1-3H3. The smallest absolute Gasteiger partial charge is 0.0957 e. The van der Waals surface area contributed by atoms with Gasteiger partial charge in [-0.05, 0) is 38.5 Å². The molecule has 0 spiro atoms. The van der Waals surface area contributed by atoms with E-state index < -0.39 is 0 Å². The predicted octanol–water partition coefficient (Wildman–Crippen LogP) is 3.09. The van der Waals surface area contributed by atoms with Crippen molar-refractivity contribution < 1.29 is 0 Å². The van der Waals surface area contributed by atoms with Crippen molar-refractivity contribution in [1.82, 2.24) is 9.55 Å². The molecule has 1 heterocycles. The molecule has 1 aromatic carbocycles. The maximum absolute atomic E-state index is 6.14. The van der Waals surface area contributed by atoms with Crippen LogP contribution in [-0.4, -0.2) is 15.6 Å². The number of hydrogen-bond donors (Lipinski definition) is 1. The predicted molar refractivity (Wildman–Crippen MR) is 74.9 cm³/mol. The van der Waals surface area contributed by atoms with Crippen molar-refractivity contribution >= 4 is 11.6 Å². The van der Waals surface area contributed by atoms with Gasteiger partial charge in [0.1, 0.15) is 0 Å². The third-order valence-electron chi connectivity index (χ3n) is 3.30. The summed E-state index contributed by atoms with van der Waals surface area (Å²) in [5.74, 6) is 0. The van der Waals surface area contributed by atoms with Crippen molar-refractivity contribution in [2.24, 2.45) is 5.73 Å². The maximum atomic E-state index is 6.14. The summed E-state index contributed by atoms with van der Waals surface area (Å²) < 4.78 is 2.13.